The van der Waals surface area contributed by atoms with Gasteiger partial charge >= 0.3 is 0 Å². The number of hydrogen-bond donors (Lipinski definition) is 2. The van der Waals surface area contributed by atoms with Crippen LogP contribution in [0.4, 0.5) is 5.69 Å². The van der Waals surface area contributed by atoms with Crippen LogP contribution in [0.2, 0.25) is 0 Å². The average molecular weight is 200 g/mol. The van der Waals surface area contributed by atoms with E-state index in [1.165, 1.54) is 6.07 Å². The third kappa shape index (κ3) is 2.19. The molecule has 1 aromatic rings. The topological polar surface area (TPSA) is 86.2 Å². The van der Waals surface area contributed by atoms with Gasteiger partial charge in [0.1, 0.15) is 0 Å². The second-order valence-electron chi connectivity index (χ2n) is 2.77. The first-order chi connectivity index (χ1) is 5.95. The smallest absolute Gasteiger partial charge is 0.238 e. The monoisotopic (exact) mass is 200 g/mol. The van der Waals surface area contributed by atoms with Crippen LogP contribution in [0.25, 0.3) is 0 Å². The molecule has 0 atom stereocenters. The first kappa shape index (κ1) is 10.0. The number of anilines is 1. The van der Waals surface area contributed by atoms with Crippen LogP contribution >= 0.6 is 0 Å². The summed E-state index contributed by atoms with van der Waals surface area (Å²) in [5.41, 5.74) is 6.55. The second-order valence-corrected chi connectivity index (χ2v) is 4.30. The lowest BCUT2D eigenvalue weighted by atomic mass is 10.1. The summed E-state index contributed by atoms with van der Waals surface area (Å²) in [5, 5.41) is 5.02. The van der Waals surface area contributed by atoms with E-state index in [1.807, 2.05) is 6.92 Å². The van der Waals surface area contributed by atoms with E-state index in [-0.39, 0.29) is 4.90 Å². The van der Waals surface area contributed by atoms with Crippen LogP contribution in [0, 0.1) is 0 Å². The summed E-state index contributed by atoms with van der Waals surface area (Å²) in [5.74, 6) is 0. The minimum Gasteiger partial charge on any atom is -0.399 e. The van der Waals surface area contributed by atoms with Gasteiger partial charge in [0, 0.05) is 5.69 Å². The normalized spacial score (nSPS) is 11.5. The van der Waals surface area contributed by atoms with Gasteiger partial charge in [-0.2, -0.15) is 0 Å². The third-order valence-electron chi connectivity index (χ3n) is 1.78. The SMILES string of the molecule is CCc1ccc(N)cc1S(N)(=O)=O. The molecule has 0 bridgehead atoms. The first-order valence-electron chi connectivity index (χ1n) is 3.86. The summed E-state index contributed by atoms with van der Waals surface area (Å²) in [4.78, 5) is 0.120. The molecule has 13 heavy (non-hydrogen) atoms. The maximum atomic E-state index is 11.1. The molecule has 4 nitrogen and oxygen atoms in total. The van der Waals surface area contributed by atoms with Crippen LogP contribution in [-0.2, 0) is 16.4 Å². The maximum Gasteiger partial charge on any atom is 0.238 e. The average Bonchev–Trinajstić information content (AvgIpc) is 2.03. The van der Waals surface area contributed by atoms with Crippen molar-refractivity contribution in [1.82, 2.24) is 0 Å². The summed E-state index contributed by atoms with van der Waals surface area (Å²) in [6.45, 7) is 1.86. The van der Waals surface area contributed by atoms with E-state index >= 15 is 0 Å². The molecule has 0 radical (unpaired) electrons. The number of rotatable bonds is 2. The van der Waals surface area contributed by atoms with Gasteiger partial charge in [-0.25, -0.2) is 13.6 Å². The zero-order valence-electron chi connectivity index (χ0n) is 7.32. The lowest BCUT2D eigenvalue weighted by Gasteiger charge is -2.05. The molecule has 0 aromatic heterocycles. The Balaban J connectivity index is 3.41. The van der Waals surface area contributed by atoms with E-state index in [4.69, 9.17) is 10.9 Å². The molecule has 0 saturated heterocycles. The largest absolute Gasteiger partial charge is 0.399 e. The zero-order valence-corrected chi connectivity index (χ0v) is 8.14. The lowest BCUT2D eigenvalue weighted by molar-refractivity contribution is 0.597. The molecule has 0 aliphatic rings. The van der Waals surface area contributed by atoms with E-state index in [1.54, 1.807) is 12.1 Å². The van der Waals surface area contributed by atoms with Gasteiger partial charge in [-0.05, 0) is 24.1 Å². The van der Waals surface area contributed by atoms with Gasteiger partial charge in [-0.3, -0.25) is 0 Å². The van der Waals surface area contributed by atoms with E-state index in [0.29, 0.717) is 17.7 Å². The number of primary sulfonamides is 1. The van der Waals surface area contributed by atoms with Gasteiger partial charge in [0.05, 0.1) is 4.90 Å². The van der Waals surface area contributed by atoms with Crippen molar-refractivity contribution < 1.29 is 8.42 Å². The van der Waals surface area contributed by atoms with Crippen LogP contribution in [0.15, 0.2) is 23.1 Å². The maximum absolute atomic E-state index is 11.1. The zero-order chi connectivity index (χ0) is 10.1. The van der Waals surface area contributed by atoms with Crippen molar-refractivity contribution in [3.8, 4) is 0 Å². The van der Waals surface area contributed by atoms with E-state index in [0.717, 1.165) is 0 Å². The Bertz CT molecular complexity index is 412. The molecule has 4 N–H and O–H groups in total. The quantitative estimate of drug-likeness (QED) is 0.681. The van der Waals surface area contributed by atoms with Gasteiger partial charge in [0.2, 0.25) is 10.0 Å². The summed E-state index contributed by atoms with van der Waals surface area (Å²) in [7, 11) is -3.65. The lowest BCUT2D eigenvalue weighted by Crippen LogP contribution is -2.14. The molecule has 0 unspecified atom stereocenters. The Morgan fingerprint density at radius 1 is 1.38 bits per heavy atom. The van der Waals surface area contributed by atoms with Crippen LogP contribution in [0.1, 0.15) is 12.5 Å². The third-order valence-corrected chi connectivity index (χ3v) is 2.77. The molecular formula is C8H12N2O2S. The Kier molecular flexibility index (Phi) is 2.58. The number of nitrogen functional groups attached to an aromatic ring is 1. The molecule has 1 rings (SSSR count). The van der Waals surface area contributed by atoms with Crippen LogP contribution in [0.5, 0.6) is 0 Å². The van der Waals surface area contributed by atoms with Gasteiger partial charge in [-0.15, -0.1) is 0 Å². The Morgan fingerprint density at radius 3 is 2.46 bits per heavy atom. The Hall–Kier alpha value is -1.07. The molecule has 0 aliphatic carbocycles. The highest BCUT2D eigenvalue weighted by molar-refractivity contribution is 7.89. The van der Waals surface area contributed by atoms with Gasteiger partial charge in [0.25, 0.3) is 0 Å². The fourth-order valence-electron chi connectivity index (χ4n) is 1.13. The van der Waals surface area contributed by atoms with Crippen molar-refractivity contribution in [3.63, 3.8) is 0 Å². The van der Waals surface area contributed by atoms with Crippen molar-refractivity contribution >= 4 is 15.7 Å². The van der Waals surface area contributed by atoms with Crippen molar-refractivity contribution in [2.45, 2.75) is 18.2 Å². The summed E-state index contributed by atoms with van der Waals surface area (Å²) < 4.78 is 22.2. The number of aryl methyl sites for hydroxylation is 1. The van der Waals surface area contributed by atoms with Crippen molar-refractivity contribution in [1.29, 1.82) is 0 Å². The Labute approximate surface area is 77.6 Å². The highest BCUT2D eigenvalue weighted by atomic mass is 32.2. The summed E-state index contributed by atoms with van der Waals surface area (Å²) in [6.07, 6.45) is 0.617. The fourth-order valence-corrected chi connectivity index (χ4v) is 2.01. The Morgan fingerprint density at radius 2 is 2.00 bits per heavy atom. The number of sulfonamides is 1. The van der Waals surface area contributed by atoms with E-state index < -0.39 is 10.0 Å². The van der Waals surface area contributed by atoms with Crippen molar-refractivity contribution in [2.75, 3.05) is 5.73 Å². The first-order valence-corrected chi connectivity index (χ1v) is 5.41. The van der Waals surface area contributed by atoms with Crippen LogP contribution < -0.4 is 10.9 Å². The molecule has 1 aromatic carbocycles. The predicted molar refractivity (Wildman–Crippen MR) is 51.6 cm³/mol. The highest BCUT2D eigenvalue weighted by Crippen LogP contribution is 2.17. The molecule has 72 valence electrons. The number of benzene rings is 1. The van der Waals surface area contributed by atoms with Crippen molar-refractivity contribution in [3.05, 3.63) is 23.8 Å². The highest BCUT2D eigenvalue weighted by Gasteiger charge is 2.12. The molecule has 0 saturated carbocycles. The van der Waals surface area contributed by atoms with Crippen molar-refractivity contribution in [2.24, 2.45) is 5.14 Å². The number of nitrogens with two attached hydrogens (primary N) is 2. The molecule has 0 amide bonds. The van der Waals surface area contributed by atoms with Crippen LogP contribution in [0.3, 0.4) is 0 Å². The predicted octanol–water partition coefficient (Wildman–Crippen LogP) is 0.479. The molecule has 0 spiro atoms. The number of hydrogen-bond acceptors (Lipinski definition) is 3. The summed E-state index contributed by atoms with van der Waals surface area (Å²) >= 11 is 0. The molecule has 0 fully saturated rings. The van der Waals surface area contributed by atoms with Gasteiger partial charge in [-0.1, -0.05) is 13.0 Å². The molecule has 5 heteroatoms. The van der Waals surface area contributed by atoms with E-state index in [9.17, 15) is 8.42 Å². The second kappa shape index (κ2) is 3.35. The minimum absolute atomic E-state index is 0.120. The molecule has 0 heterocycles. The summed E-state index contributed by atoms with van der Waals surface area (Å²) in [6, 6.07) is 4.72. The molecule has 0 aliphatic heterocycles. The van der Waals surface area contributed by atoms with E-state index in [2.05, 4.69) is 0 Å². The van der Waals surface area contributed by atoms with Gasteiger partial charge < -0.3 is 5.73 Å². The minimum atomic E-state index is -3.65. The van der Waals surface area contributed by atoms with Gasteiger partial charge in [0.15, 0.2) is 0 Å². The van der Waals surface area contributed by atoms with Crippen LogP contribution in [-0.4, -0.2) is 8.42 Å². The standard InChI is InChI=1S/C8H12N2O2S/c1-2-6-3-4-7(9)5-8(6)13(10,11)12/h3-5H,2,9H2,1H3,(H2,10,11,12). The molecular weight excluding hydrogens is 188 g/mol. The fraction of sp³-hybridized carbons (Fsp3) is 0.250.